The quantitative estimate of drug-likeness (QED) is 0.764. The van der Waals surface area contributed by atoms with Gasteiger partial charge in [0.15, 0.2) is 0 Å². The number of nitrogens with zero attached hydrogens (tertiary/aromatic N) is 2. The second-order valence-corrected chi connectivity index (χ2v) is 5.87. The first-order chi connectivity index (χ1) is 12.1. The molecule has 2 amide bonds. The van der Waals surface area contributed by atoms with E-state index in [9.17, 15) is 9.59 Å². The molecule has 0 unspecified atom stereocenters. The van der Waals surface area contributed by atoms with Gasteiger partial charge in [0.25, 0.3) is 0 Å². The molecule has 7 heteroatoms. The highest BCUT2D eigenvalue weighted by Crippen LogP contribution is 2.23. The van der Waals surface area contributed by atoms with Crippen molar-refractivity contribution in [2.24, 2.45) is 0 Å². The van der Waals surface area contributed by atoms with E-state index in [1.54, 1.807) is 17.0 Å². The molecule has 0 aliphatic carbocycles. The largest absolute Gasteiger partial charge is 0.492 e. The molecule has 1 heterocycles. The van der Waals surface area contributed by atoms with Crippen LogP contribution in [0.1, 0.15) is 13.8 Å². The number of rotatable bonds is 8. The number of carbonyl (C=O) groups is 2. The topological polar surface area (TPSA) is 71.1 Å². The number of hydrogen-bond acceptors (Lipinski definition) is 5. The molecule has 0 bridgehead atoms. The average Bonchev–Trinajstić information content (AvgIpc) is 2.61. The van der Waals surface area contributed by atoms with E-state index in [4.69, 9.17) is 9.47 Å². The van der Waals surface area contributed by atoms with Crippen LogP contribution in [0.25, 0.3) is 0 Å². The van der Waals surface area contributed by atoms with Crippen LogP contribution in [0.3, 0.4) is 0 Å². The molecule has 1 aromatic carbocycles. The van der Waals surface area contributed by atoms with Crippen molar-refractivity contribution in [3.63, 3.8) is 0 Å². The number of ether oxygens (including phenoxy) is 2. The van der Waals surface area contributed by atoms with Crippen molar-refractivity contribution in [3.8, 4) is 5.75 Å². The third kappa shape index (κ3) is 6.36. The standard InChI is InChI=1S/C18H27N3O4/c1-3-25-17-7-5-4-6-16(17)19-18(23)14-21(15(2)22)9-8-20-10-12-24-13-11-20/h4-7H,3,8-14H2,1-2H3,(H,19,23). The predicted molar refractivity (Wildman–Crippen MR) is 95.8 cm³/mol. The fourth-order valence-electron chi connectivity index (χ4n) is 2.65. The minimum absolute atomic E-state index is 0.0279. The van der Waals surface area contributed by atoms with Crippen molar-refractivity contribution in [3.05, 3.63) is 24.3 Å². The Morgan fingerprint density at radius 1 is 1.28 bits per heavy atom. The van der Waals surface area contributed by atoms with Gasteiger partial charge in [0, 0.05) is 33.1 Å². The molecule has 7 nitrogen and oxygen atoms in total. The first kappa shape index (κ1) is 19.2. The van der Waals surface area contributed by atoms with Gasteiger partial charge in [0.1, 0.15) is 5.75 Å². The monoisotopic (exact) mass is 349 g/mol. The summed E-state index contributed by atoms with van der Waals surface area (Å²) in [5, 5.41) is 2.83. The van der Waals surface area contributed by atoms with Gasteiger partial charge < -0.3 is 19.7 Å². The van der Waals surface area contributed by atoms with Crippen molar-refractivity contribution >= 4 is 17.5 Å². The molecule has 0 atom stereocenters. The number of hydrogen-bond donors (Lipinski definition) is 1. The second-order valence-electron chi connectivity index (χ2n) is 5.87. The van der Waals surface area contributed by atoms with Crippen LogP contribution in [0, 0.1) is 0 Å². The van der Waals surface area contributed by atoms with Crippen molar-refractivity contribution < 1.29 is 19.1 Å². The van der Waals surface area contributed by atoms with Crippen LogP contribution in [0.5, 0.6) is 5.75 Å². The van der Waals surface area contributed by atoms with E-state index in [0.29, 0.717) is 24.6 Å². The lowest BCUT2D eigenvalue weighted by atomic mass is 10.3. The van der Waals surface area contributed by atoms with E-state index < -0.39 is 0 Å². The molecule has 2 rings (SSSR count). The number of benzene rings is 1. The van der Waals surface area contributed by atoms with Gasteiger partial charge in [0.2, 0.25) is 11.8 Å². The van der Waals surface area contributed by atoms with Gasteiger partial charge in [0.05, 0.1) is 32.1 Å². The highest BCUT2D eigenvalue weighted by molar-refractivity contribution is 5.95. The predicted octanol–water partition coefficient (Wildman–Crippen LogP) is 1.20. The Bertz CT molecular complexity index is 573. The molecular weight excluding hydrogens is 322 g/mol. The van der Waals surface area contributed by atoms with Gasteiger partial charge in [-0.25, -0.2) is 0 Å². The fourth-order valence-corrected chi connectivity index (χ4v) is 2.65. The smallest absolute Gasteiger partial charge is 0.244 e. The van der Waals surface area contributed by atoms with E-state index in [2.05, 4.69) is 10.2 Å². The maximum absolute atomic E-state index is 12.3. The summed E-state index contributed by atoms with van der Waals surface area (Å²) < 4.78 is 10.8. The highest BCUT2D eigenvalue weighted by atomic mass is 16.5. The molecule has 0 spiro atoms. The van der Waals surface area contributed by atoms with Crippen LogP contribution in [0.2, 0.25) is 0 Å². The van der Waals surface area contributed by atoms with E-state index in [1.807, 2.05) is 19.1 Å². The van der Waals surface area contributed by atoms with Crippen LogP contribution < -0.4 is 10.1 Å². The molecule has 25 heavy (non-hydrogen) atoms. The number of nitrogens with one attached hydrogen (secondary N) is 1. The van der Waals surface area contributed by atoms with Crippen LogP contribution >= 0.6 is 0 Å². The van der Waals surface area contributed by atoms with Crippen molar-refractivity contribution in [1.29, 1.82) is 0 Å². The molecule has 1 fully saturated rings. The summed E-state index contributed by atoms with van der Waals surface area (Å²) in [6, 6.07) is 7.28. The Hall–Kier alpha value is -2.12. The number of carbonyl (C=O) groups excluding carboxylic acids is 2. The maximum atomic E-state index is 12.3. The zero-order chi connectivity index (χ0) is 18.1. The summed E-state index contributed by atoms with van der Waals surface area (Å²) >= 11 is 0. The minimum Gasteiger partial charge on any atom is -0.492 e. The number of amides is 2. The van der Waals surface area contributed by atoms with E-state index >= 15 is 0 Å². The molecule has 1 N–H and O–H groups in total. The molecule has 0 saturated carbocycles. The van der Waals surface area contributed by atoms with Gasteiger partial charge in [-0.05, 0) is 19.1 Å². The summed E-state index contributed by atoms with van der Waals surface area (Å²) in [7, 11) is 0. The summed E-state index contributed by atoms with van der Waals surface area (Å²) in [6.07, 6.45) is 0. The summed E-state index contributed by atoms with van der Waals surface area (Å²) in [4.78, 5) is 28.0. The molecule has 138 valence electrons. The zero-order valence-electron chi connectivity index (χ0n) is 15.0. The van der Waals surface area contributed by atoms with Gasteiger partial charge in [-0.1, -0.05) is 12.1 Å². The van der Waals surface area contributed by atoms with Crippen LogP contribution in [0.15, 0.2) is 24.3 Å². The molecule has 1 aliphatic heterocycles. The normalized spacial score (nSPS) is 14.8. The summed E-state index contributed by atoms with van der Waals surface area (Å²) in [5.41, 5.74) is 0.617. The first-order valence-electron chi connectivity index (χ1n) is 8.67. The second kappa shape index (κ2) is 10.0. The van der Waals surface area contributed by atoms with Crippen LogP contribution in [-0.4, -0.2) is 74.2 Å². The van der Waals surface area contributed by atoms with Crippen LogP contribution in [0.4, 0.5) is 5.69 Å². The Morgan fingerprint density at radius 2 is 2.00 bits per heavy atom. The molecule has 0 aromatic heterocycles. The molecule has 1 saturated heterocycles. The van der Waals surface area contributed by atoms with Gasteiger partial charge in [-0.15, -0.1) is 0 Å². The lowest BCUT2D eigenvalue weighted by Gasteiger charge is -2.29. The lowest BCUT2D eigenvalue weighted by molar-refractivity contribution is -0.133. The van der Waals surface area contributed by atoms with Crippen molar-refractivity contribution in [2.75, 3.05) is 57.9 Å². The van der Waals surface area contributed by atoms with Gasteiger partial charge >= 0.3 is 0 Å². The number of para-hydroxylation sites is 2. The van der Waals surface area contributed by atoms with Gasteiger partial charge in [-0.3, -0.25) is 14.5 Å². The molecule has 1 aliphatic rings. The van der Waals surface area contributed by atoms with E-state index in [1.165, 1.54) is 6.92 Å². The number of anilines is 1. The fraction of sp³-hybridized carbons (Fsp3) is 0.556. The van der Waals surface area contributed by atoms with Crippen molar-refractivity contribution in [2.45, 2.75) is 13.8 Å². The Kier molecular flexibility index (Phi) is 7.69. The average molecular weight is 349 g/mol. The Labute approximate surface area is 148 Å². The minimum atomic E-state index is -0.232. The Morgan fingerprint density at radius 3 is 2.68 bits per heavy atom. The maximum Gasteiger partial charge on any atom is 0.244 e. The molecular formula is C18H27N3O4. The van der Waals surface area contributed by atoms with E-state index in [0.717, 1.165) is 32.8 Å². The van der Waals surface area contributed by atoms with Crippen molar-refractivity contribution in [1.82, 2.24) is 9.80 Å². The summed E-state index contributed by atoms with van der Waals surface area (Å²) in [5.74, 6) is 0.284. The lowest BCUT2D eigenvalue weighted by Crippen LogP contribution is -2.44. The number of morpholine rings is 1. The summed E-state index contributed by atoms with van der Waals surface area (Å²) in [6.45, 7) is 8.35. The molecule has 0 radical (unpaired) electrons. The first-order valence-corrected chi connectivity index (χ1v) is 8.67. The van der Waals surface area contributed by atoms with Gasteiger partial charge in [-0.2, -0.15) is 0 Å². The van der Waals surface area contributed by atoms with E-state index in [-0.39, 0.29) is 18.4 Å². The SMILES string of the molecule is CCOc1ccccc1NC(=O)CN(CCN1CCOCC1)C(C)=O. The third-order valence-electron chi connectivity index (χ3n) is 4.03. The molecule has 1 aromatic rings. The Balaban J connectivity index is 1.88. The third-order valence-corrected chi connectivity index (χ3v) is 4.03. The highest BCUT2D eigenvalue weighted by Gasteiger charge is 2.17. The zero-order valence-corrected chi connectivity index (χ0v) is 15.0. The van der Waals surface area contributed by atoms with Crippen LogP contribution in [-0.2, 0) is 14.3 Å².